The monoisotopic (exact) mass is 230 g/mol. The summed E-state index contributed by atoms with van der Waals surface area (Å²) in [6.07, 6.45) is 5.65. The Morgan fingerprint density at radius 3 is 2.83 bits per heavy atom. The number of hydrogen-bond donors (Lipinski definition) is 0. The molecule has 0 fully saturated rings. The number of carbonyl (C=O) groups excluding carboxylic acids is 1. The molecule has 0 spiro atoms. The van der Waals surface area contributed by atoms with Gasteiger partial charge in [-0.25, -0.2) is 4.79 Å². The summed E-state index contributed by atoms with van der Waals surface area (Å²) in [7, 11) is 3.48. The van der Waals surface area contributed by atoms with Crippen LogP contribution in [0.4, 0.5) is 4.79 Å². The van der Waals surface area contributed by atoms with Crippen LogP contribution in [0.5, 0.6) is 0 Å². The fraction of sp³-hybridized carbons (Fsp3) is 0.375. The number of urea groups is 1. The maximum atomic E-state index is 11.4. The van der Waals surface area contributed by atoms with Crippen LogP contribution in [-0.4, -0.2) is 36.5 Å². The number of amides is 2. The summed E-state index contributed by atoms with van der Waals surface area (Å²) in [6, 6.07) is -0.00343. The molecule has 0 radical (unpaired) electrons. The smallest absolute Gasteiger partial charge is 0.323 e. The fourth-order valence-electron chi connectivity index (χ4n) is 0.914. The molecule has 2 amide bonds. The van der Waals surface area contributed by atoms with Gasteiger partial charge in [-0.1, -0.05) is 6.08 Å². The number of rotatable bonds is 0. The zero-order valence-corrected chi connectivity index (χ0v) is 8.71. The van der Waals surface area contributed by atoms with Gasteiger partial charge >= 0.3 is 6.03 Å². The Labute approximate surface area is 80.5 Å². The first kappa shape index (κ1) is 9.32. The lowest BCUT2D eigenvalue weighted by molar-refractivity contribution is 0.192. The number of nitrogens with zero attached hydrogens (tertiary/aromatic N) is 2. The molecule has 4 heteroatoms. The van der Waals surface area contributed by atoms with Gasteiger partial charge in [0.15, 0.2) is 0 Å². The van der Waals surface area contributed by atoms with Gasteiger partial charge in [0.05, 0.1) is 0 Å². The summed E-state index contributed by atoms with van der Waals surface area (Å²) in [5.74, 6) is 0. The molecule has 12 heavy (non-hydrogen) atoms. The average Bonchev–Trinajstić information content (AvgIpc) is 2.03. The van der Waals surface area contributed by atoms with Gasteiger partial charge in [-0.15, -0.1) is 0 Å². The van der Waals surface area contributed by atoms with Crippen molar-refractivity contribution in [2.75, 3.05) is 20.6 Å². The zero-order valence-electron chi connectivity index (χ0n) is 7.12. The standard InChI is InChI=1S/C8H11BrN2O/c1-10(2)8(12)11-5-3-4-7(9)6-11/h3-4,6H,5H2,1-2H3. The summed E-state index contributed by atoms with van der Waals surface area (Å²) in [5, 5.41) is 0. The molecule has 0 unspecified atom stereocenters. The third-order valence-corrected chi connectivity index (χ3v) is 1.96. The van der Waals surface area contributed by atoms with Crippen LogP contribution in [-0.2, 0) is 0 Å². The van der Waals surface area contributed by atoms with Crippen molar-refractivity contribution < 1.29 is 4.79 Å². The van der Waals surface area contributed by atoms with Gasteiger partial charge in [0.1, 0.15) is 0 Å². The van der Waals surface area contributed by atoms with Crippen LogP contribution in [0, 0.1) is 0 Å². The SMILES string of the molecule is CN(C)C(=O)N1C=C(Br)C=CC1. The number of halogens is 1. The summed E-state index contributed by atoms with van der Waals surface area (Å²) in [6.45, 7) is 0.645. The van der Waals surface area contributed by atoms with Crippen molar-refractivity contribution in [2.45, 2.75) is 0 Å². The molecule has 0 aromatic rings. The Balaban J connectivity index is 2.67. The third kappa shape index (κ3) is 2.11. The van der Waals surface area contributed by atoms with Gasteiger partial charge in [0, 0.05) is 31.3 Å². The van der Waals surface area contributed by atoms with Crippen molar-refractivity contribution in [2.24, 2.45) is 0 Å². The lowest BCUT2D eigenvalue weighted by atomic mass is 10.3. The minimum Gasteiger partial charge on any atom is -0.330 e. The van der Waals surface area contributed by atoms with Crippen LogP contribution in [0.3, 0.4) is 0 Å². The summed E-state index contributed by atoms with van der Waals surface area (Å²) in [5.41, 5.74) is 0. The first-order valence-electron chi connectivity index (χ1n) is 3.63. The lowest BCUT2D eigenvalue weighted by Crippen LogP contribution is -2.36. The Morgan fingerprint density at radius 1 is 1.67 bits per heavy atom. The van der Waals surface area contributed by atoms with Crippen molar-refractivity contribution in [1.82, 2.24) is 9.80 Å². The van der Waals surface area contributed by atoms with E-state index >= 15 is 0 Å². The van der Waals surface area contributed by atoms with Gasteiger partial charge in [-0.2, -0.15) is 0 Å². The van der Waals surface area contributed by atoms with Crippen LogP contribution in [0.25, 0.3) is 0 Å². The minimum absolute atomic E-state index is 0.00343. The molecule has 0 N–H and O–H groups in total. The first-order valence-corrected chi connectivity index (χ1v) is 4.42. The fourth-order valence-corrected chi connectivity index (χ4v) is 1.35. The van der Waals surface area contributed by atoms with Gasteiger partial charge in [0.25, 0.3) is 0 Å². The van der Waals surface area contributed by atoms with Gasteiger partial charge in [-0.3, -0.25) is 4.90 Å². The highest BCUT2D eigenvalue weighted by Gasteiger charge is 2.13. The maximum absolute atomic E-state index is 11.4. The third-order valence-electron chi connectivity index (χ3n) is 1.49. The van der Waals surface area contributed by atoms with Crippen LogP contribution >= 0.6 is 15.9 Å². The van der Waals surface area contributed by atoms with Crippen molar-refractivity contribution in [3.8, 4) is 0 Å². The van der Waals surface area contributed by atoms with E-state index in [1.807, 2.05) is 12.2 Å². The quantitative estimate of drug-likeness (QED) is 0.623. The maximum Gasteiger partial charge on any atom is 0.323 e. The molecule has 0 bridgehead atoms. The summed E-state index contributed by atoms with van der Waals surface area (Å²) >= 11 is 3.31. The number of carbonyl (C=O) groups is 1. The molecular weight excluding hydrogens is 220 g/mol. The number of allylic oxidation sites excluding steroid dienone is 2. The van der Waals surface area contributed by atoms with Crippen LogP contribution in [0.15, 0.2) is 22.8 Å². The molecule has 1 aliphatic rings. The van der Waals surface area contributed by atoms with Crippen molar-refractivity contribution in [3.05, 3.63) is 22.8 Å². The van der Waals surface area contributed by atoms with E-state index in [0.29, 0.717) is 6.54 Å². The molecule has 0 atom stereocenters. The van der Waals surface area contributed by atoms with E-state index in [0.717, 1.165) is 4.48 Å². The molecule has 0 saturated heterocycles. The Morgan fingerprint density at radius 2 is 2.33 bits per heavy atom. The van der Waals surface area contributed by atoms with Crippen molar-refractivity contribution in [1.29, 1.82) is 0 Å². The highest BCUT2D eigenvalue weighted by molar-refractivity contribution is 9.11. The first-order chi connectivity index (χ1) is 5.61. The molecule has 66 valence electrons. The van der Waals surface area contributed by atoms with E-state index in [4.69, 9.17) is 0 Å². The van der Waals surface area contributed by atoms with Gasteiger partial charge in [0.2, 0.25) is 0 Å². The van der Waals surface area contributed by atoms with Crippen molar-refractivity contribution in [3.63, 3.8) is 0 Å². The molecule has 3 nitrogen and oxygen atoms in total. The predicted molar refractivity (Wildman–Crippen MR) is 51.9 cm³/mol. The molecule has 1 heterocycles. The van der Waals surface area contributed by atoms with Gasteiger partial charge in [-0.05, 0) is 22.0 Å². The Hall–Kier alpha value is -0.770. The van der Waals surface area contributed by atoms with Gasteiger partial charge < -0.3 is 4.90 Å². The molecule has 0 aromatic heterocycles. The summed E-state index contributed by atoms with van der Waals surface area (Å²) in [4.78, 5) is 14.6. The molecule has 0 aliphatic carbocycles. The molecule has 0 saturated carbocycles. The average molecular weight is 231 g/mol. The van der Waals surface area contributed by atoms with E-state index in [2.05, 4.69) is 15.9 Å². The van der Waals surface area contributed by atoms with E-state index in [9.17, 15) is 4.79 Å². The van der Waals surface area contributed by atoms with Crippen LogP contribution < -0.4 is 0 Å². The lowest BCUT2D eigenvalue weighted by Gasteiger charge is -2.23. The van der Waals surface area contributed by atoms with E-state index < -0.39 is 0 Å². The second-order valence-corrected chi connectivity index (χ2v) is 3.66. The number of hydrogen-bond acceptors (Lipinski definition) is 1. The Bertz CT molecular complexity index is 245. The summed E-state index contributed by atoms with van der Waals surface area (Å²) < 4.78 is 0.920. The zero-order chi connectivity index (χ0) is 9.14. The highest BCUT2D eigenvalue weighted by atomic mass is 79.9. The largest absolute Gasteiger partial charge is 0.330 e. The highest BCUT2D eigenvalue weighted by Crippen LogP contribution is 2.13. The second-order valence-electron chi connectivity index (χ2n) is 2.75. The second kappa shape index (κ2) is 3.76. The topological polar surface area (TPSA) is 23.6 Å². The molecule has 1 rings (SSSR count). The normalized spacial score (nSPS) is 15.9. The molecule has 0 aromatic carbocycles. The van der Waals surface area contributed by atoms with Crippen LogP contribution in [0.1, 0.15) is 0 Å². The van der Waals surface area contributed by atoms with E-state index in [-0.39, 0.29) is 6.03 Å². The minimum atomic E-state index is -0.00343. The molecular formula is C8H11BrN2O. The Kier molecular flexibility index (Phi) is 2.92. The van der Waals surface area contributed by atoms with E-state index in [1.54, 1.807) is 30.1 Å². The van der Waals surface area contributed by atoms with E-state index in [1.165, 1.54) is 0 Å². The van der Waals surface area contributed by atoms with Crippen molar-refractivity contribution >= 4 is 22.0 Å². The van der Waals surface area contributed by atoms with Crippen LogP contribution in [0.2, 0.25) is 0 Å². The molecule has 1 aliphatic heterocycles. The predicted octanol–water partition coefficient (Wildman–Crippen LogP) is 1.78.